The van der Waals surface area contributed by atoms with Gasteiger partial charge in [-0.2, -0.15) is 0 Å². The fourth-order valence-electron chi connectivity index (χ4n) is 2.69. The Labute approximate surface area is 166 Å². The number of amides is 2. The van der Waals surface area contributed by atoms with Gasteiger partial charge in [0.2, 0.25) is 0 Å². The molecule has 0 aliphatic carbocycles. The van der Waals surface area contributed by atoms with E-state index in [9.17, 15) is 9.59 Å². The molecule has 1 saturated heterocycles. The van der Waals surface area contributed by atoms with Gasteiger partial charge in [-0.1, -0.05) is 35.9 Å². The summed E-state index contributed by atoms with van der Waals surface area (Å²) in [6.07, 6.45) is 1.44. The Morgan fingerprint density at radius 2 is 1.81 bits per heavy atom. The Bertz CT molecular complexity index is 974. The first kappa shape index (κ1) is 18.9. The molecule has 2 aromatic rings. The van der Waals surface area contributed by atoms with Crippen LogP contribution in [-0.4, -0.2) is 31.1 Å². The second-order valence-corrected chi connectivity index (χ2v) is 6.29. The molecule has 1 aliphatic rings. The Hall–Kier alpha value is -2.90. The minimum Gasteiger partial charge on any atom is -0.493 e. The molecule has 138 valence electrons. The fraction of sp³-hybridized carbons (Fsp3) is 0.105. The van der Waals surface area contributed by atoms with Crippen molar-refractivity contribution in [2.24, 2.45) is 0 Å². The van der Waals surface area contributed by atoms with E-state index in [2.05, 4.69) is 5.32 Å². The average molecular weight is 403 g/mol. The summed E-state index contributed by atoms with van der Waals surface area (Å²) in [5.74, 6) is -0.292. The quantitative estimate of drug-likeness (QED) is 0.483. The number of anilines is 1. The topological polar surface area (TPSA) is 67.9 Å². The van der Waals surface area contributed by atoms with E-state index in [-0.39, 0.29) is 10.7 Å². The summed E-state index contributed by atoms with van der Waals surface area (Å²) < 4.78 is 10.6. The van der Waals surface area contributed by atoms with Crippen molar-refractivity contribution < 1.29 is 19.1 Å². The lowest BCUT2D eigenvalue weighted by Crippen LogP contribution is -2.54. The maximum absolute atomic E-state index is 13.0. The molecule has 1 aliphatic heterocycles. The lowest BCUT2D eigenvalue weighted by atomic mass is 10.1. The van der Waals surface area contributed by atoms with Gasteiger partial charge in [-0.15, -0.1) is 0 Å². The van der Waals surface area contributed by atoms with Crippen LogP contribution in [0.2, 0.25) is 5.02 Å². The van der Waals surface area contributed by atoms with Crippen molar-refractivity contribution in [2.75, 3.05) is 19.1 Å². The van der Waals surface area contributed by atoms with Crippen LogP contribution in [0.5, 0.6) is 11.5 Å². The minimum atomic E-state index is -0.599. The summed E-state index contributed by atoms with van der Waals surface area (Å²) in [6, 6.07) is 11.9. The third kappa shape index (κ3) is 3.51. The molecule has 1 fully saturated rings. The highest BCUT2D eigenvalue weighted by atomic mass is 35.5. The van der Waals surface area contributed by atoms with Gasteiger partial charge in [-0.25, -0.2) is 0 Å². The van der Waals surface area contributed by atoms with Gasteiger partial charge >= 0.3 is 0 Å². The van der Waals surface area contributed by atoms with E-state index in [4.69, 9.17) is 33.3 Å². The molecular formula is C19H15ClN2O4S. The third-order valence-electron chi connectivity index (χ3n) is 3.93. The van der Waals surface area contributed by atoms with Crippen molar-refractivity contribution in [2.45, 2.75) is 0 Å². The van der Waals surface area contributed by atoms with Crippen LogP contribution in [-0.2, 0) is 9.59 Å². The van der Waals surface area contributed by atoms with Crippen LogP contribution in [0.25, 0.3) is 6.08 Å². The summed E-state index contributed by atoms with van der Waals surface area (Å²) in [6.45, 7) is 0. The highest BCUT2D eigenvalue weighted by molar-refractivity contribution is 7.80. The van der Waals surface area contributed by atoms with E-state index < -0.39 is 11.8 Å². The highest BCUT2D eigenvalue weighted by Crippen LogP contribution is 2.34. The fourth-order valence-corrected chi connectivity index (χ4v) is 3.18. The van der Waals surface area contributed by atoms with Crippen LogP contribution >= 0.6 is 23.8 Å². The van der Waals surface area contributed by atoms with Crippen LogP contribution in [0.1, 0.15) is 5.56 Å². The molecular weight excluding hydrogens is 388 g/mol. The summed E-state index contributed by atoms with van der Waals surface area (Å²) in [5.41, 5.74) is 0.801. The van der Waals surface area contributed by atoms with Crippen molar-refractivity contribution in [3.8, 4) is 11.5 Å². The Kier molecular flexibility index (Phi) is 5.43. The van der Waals surface area contributed by atoms with E-state index >= 15 is 0 Å². The molecule has 0 spiro atoms. The molecule has 0 radical (unpaired) electrons. The van der Waals surface area contributed by atoms with Crippen molar-refractivity contribution >= 4 is 52.5 Å². The standard InChI is InChI=1S/C19H15ClN2O4S/c1-25-15-9-5-6-11(16(15)26-2)10-12-17(23)21-19(27)22(18(12)24)14-8-4-3-7-13(14)20/h3-10H,1-2H3,(H,21,23,27)/b12-10+. The summed E-state index contributed by atoms with van der Waals surface area (Å²) in [7, 11) is 2.98. The van der Waals surface area contributed by atoms with Gasteiger partial charge < -0.3 is 9.47 Å². The van der Waals surface area contributed by atoms with Crippen LogP contribution < -0.4 is 19.7 Å². The zero-order chi connectivity index (χ0) is 19.6. The number of ether oxygens (including phenoxy) is 2. The second kappa shape index (κ2) is 7.77. The molecule has 1 heterocycles. The molecule has 2 amide bonds. The van der Waals surface area contributed by atoms with Gasteiger partial charge in [-0.3, -0.25) is 19.8 Å². The first-order chi connectivity index (χ1) is 13.0. The van der Waals surface area contributed by atoms with Gasteiger partial charge in [0.1, 0.15) is 5.57 Å². The number of hydrogen-bond acceptors (Lipinski definition) is 5. The number of halogens is 1. The number of hydrogen-bond donors (Lipinski definition) is 1. The van der Waals surface area contributed by atoms with Crippen LogP contribution in [0, 0.1) is 0 Å². The Morgan fingerprint density at radius 1 is 1.07 bits per heavy atom. The smallest absolute Gasteiger partial charge is 0.270 e. The molecule has 0 atom stereocenters. The third-order valence-corrected chi connectivity index (χ3v) is 4.53. The Balaban J connectivity index is 2.09. The first-order valence-corrected chi connectivity index (χ1v) is 8.63. The van der Waals surface area contributed by atoms with Crippen LogP contribution in [0.3, 0.4) is 0 Å². The molecule has 2 aromatic carbocycles. The van der Waals surface area contributed by atoms with Gasteiger partial charge in [0.15, 0.2) is 16.6 Å². The number of nitrogens with zero attached hydrogens (tertiary/aromatic N) is 1. The number of thiocarbonyl (C=S) groups is 1. The van der Waals surface area contributed by atoms with Gasteiger partial charge in [0.05, 0.1) is 24.9 Å². The normalized spacial score (nSPS) is 15.7. The molecule has 0 bridgehead atoms. The molecule has 6 nitrogen and oxygen atoms in total. The molecule has 0 saturated carbocycles. The Morgan fingerprint density at radius 3 is 2.48 bits per heavy atom. The zero-order valence-electron chi connectivity index (χ0n) is 14.5. The molecule has 3 rings (SSSR count). The summed E-state index contributed by atoms with van der Waals surface area (Å²) in [5, 5.41) is 2.82. The predicted octanol–water partition coefficient (Wildman–Crippen LogP) is 3.19. The lowest BCUT2D eigenvalue weighted by Gasteiger charge is -2.29. The van der Waals surface area contributed by atoms with Gasteiger partial charge in [0.25, 0.3) is 11.8 Å². The maximum atomic E-state index is 13.0. The van der Waals surface area contributed by atoms with E-state index in [1.807, 2.05) is 0 Å². The number of rotatable bonds is 4. The van der Waals surface area contributed by atoms with Gasteiger partial charge in [-0.05, 0) is 36.5 Å². The lowest BCUT2D eigenvalue weighted by molar-refractivity contribution is -0.122. The first-order valence-electron chi connectivity index (χ1n) is 7.85. The molecule has 0 unspecified atom stereocenters. The number of carbonyl (C=O) groups excluding carboxylic acids is 2. The average Bonchev–Trinajstić information content (AvgIpc) is 2.66. The largest absolute Gasteiger partial charge is 0.493 e. The van der Waals surface area contributed by atoms with Crippen LogP contribution in [0.4, 0.5) is 5.69 Å². The molecule has 27 heavy (non-hydrogen) atoms. The van der Waals surface area contributed by atoms with E-state index in [1.165, 1.54) is 25.2 Å². The number of para-hydroxylation sites is 2. The molecule has 1 N–H and O–H groups in total. The van der Waals surface area contributed by atoms with Crippen molar-refractivity contribution in [1.82, 2.24) is 5.32 Å². The van der Waals surface area contributed by atoms with Crippen LogP contribution in [0.15, 0.2) is 48.0 Å². The van der Waals surface area contributed by atoms with E-state index in [0.29, 0.717) is 27.8 Å². The number of carbonyl (C=O) groups is 2. The SMILES string of the molecule is COc1cccc(/C=C2\C(=O)NC(=S)N(c3ccccc3Cl)C2=O)c1OC. The number of methoxy groups -OCH3 is 2. The summed E-state index contributed by atoms with van der Waals surface area (Å²) >= 11 is 11.4. The number of benzene rings is 2. The number of nitrogens with one attached hydrogen (secondary N) is 1. The van der Waals surface area contributed by atoms with Crippen molar-refractivity contribution in [3.05, 3.63) is 58.6 Å². The molecule has 0 aromatic heterocycles. The second-order valence-electron chi connectivity index (χ2n) is 5.49. The molecule has 8 heteroatoms. The van der Waals surface area contributed by atoms with E-state index in [1.54, 1.807) is 42.5 Å². The minimum absolute atomic E-state index is 0.0344. The predicted molar refractivity (Wildman–Crippen MR) is 107 cm³/mol. The van der Waals surface area contributed by atoms with Crippen molar-refractivity contribution in [3.63, 3.8) is 0 Å². The van der Waals surface area contributed by atoms with Gasteiger partial charge in [0, 0.05) is 5.56 Å². The monoisotopic (exact) mass is 402 g/mol. The van der Waals surface area contributed by atoms with E-state index in [0.717, 1.165) is 0 Å². The maximum Gasteiger partial charge on any atom is 0.270 e. The summed E-state index contributed by atoms with van der Waals surface area (Å²) in [4.78, 5) is 26.6. The van der Waals surface area contributed by atoms with Crippen molar-refractivity contribution in [1.29, 1.82) is 0 Å². The highest BCUT2D eigenvalue weighted by Gasteiger charge is 2.35. The zero-order valence-corrected chi connectivity index (χ0v) is 16.1.